The van der Waals surface area contributed by atoms with Crippen LogP contribution in [0.4, 0.5) is 5.82 Å². The first-order valence-electron chi connectivity index (χ1n) is 12.1. The Morgan fingerprint density at radius 1 is 1.03 bits per heavy atom. The van der Waals surface area contributed by atoms with Crippen molar-refractivity contribution in [1.29, 1.82) is 0 Å². The van der Waals surface area contributed by atoms with Crippen LogP contribution >= 0.6 is 7.60 Å². The molecule has 1 aliphatic rings. The van der Waals surface area contributed by atoms with E-state index in [2.05, 4.69) is 20.3 Å². The van der Waals surface area contributed by atoms with Gasteiger partial charge in [-0.2, -0.15) is 0 Å². The Kier molecular flexibility index (Phi) is 9.09. The third-order valence-electron chi connectivity index (χ3n) is 5.21. The van der Waals surface area contributed by atoms with E-state index in [9.17, 15) is 14.2 Å². The summed E-state index contributed by atoms with van der Waals surface area (Å²) in [6, 6.07) is 0.436. The van der Waals surface area contributed by atoms with E-state index in [0.717, 1.165) is 12.8 Å². The van der Waals surface area contributed by atoms with Crippen LogP contribution < -0.4 is 5.32 Å². The molecule has 1 fully saturated rings. The van der Waals surface area contributed by atoms with Crippen molar-refractivity contribution in [2.75, 3.05) is 18.9 Å². The number of aryl methyl sites for hydroxylation is 1. The first-order chi connectivity index (χ1) is 17.3. The van der Waals surface area contributed by atoms with Gasteiger partial charge >= 0.3 is 19.5 Å². The van der Waals surface area contributed by atoms with E-state index >= 15 is 0 Å². The van der Waals surface area contributed by atoms with E-state index in [1.807, 2.05) is 4.57 Å². The fourth-order valence-corrected chi connectivity index (χ4v) is 3.90. The molecule has 2 aromatic heterocycles. The highest BCUT2D eigenvalue weighted by atomic mass is 31.2. The van der Waals surface area contributed by atoms with Crippen LogP contribution in [0.25, 0.3) is 11.2 Å². The zero-order chi connectivity index (χ0) is 27.3. The minimum absolute atomic E-state index is 0.436. The summed E-state index contributed by atoms with van der Waals surface area (Å²) < 4.78 is 35.8. The first-order valence-corrected chi connectivity index (χ1v) is 13.7. The SMILES string of the molecule is CC(C)(C)C(=O)OCOP(=O)(/C=C/CCn1cnc2c(NC3CC3)ncnc21)OCOC(=O)C(C)(C)C. The van der Waals surface area contributed by atoms with Crippen LogP contribution in [0.3, 0.4) is 0 Å². The maximum absolute atomic E-state index is 13.2. The molecular formula is C24H36N5O7P. The van der Waals surface area contributed by atoms with Crippen LogP contribution in [0.2, 0.25) is 0 Å². The van der Waals surface area contributed by atoms with Crippen LogP contribution in [0.5, 0.6) is 0 Å². The number of nitrogens with zero attached hydrogens (tertiary/aromatic N) is 4. The number of fused-ring (bicyclic) bond motifs is 1. The minimum Gasteiger partial charge on any atom is -0.438 e. The number of rotatable bonds is 12. The fourth-order valence-electron chi connectivity index (χ4n) is 2.85. The average Bonchev–Trinajstić information content (AvgIpc) is 3.52. The number of carbonyl (C=O) groups excluding carboxylic acids is 2. The topological polar surface area (TPSA) is 144 Å². The lowest BCUT2D eigenvalue weighted by Crippen LogP contribution is -2.24. The van der Waals surface area contributed by atoms with E-state index in [1.165, 1.54) is 12.1 Å². The highest BCUT2D eigenvalue weighted by Gasteiger charge is 2.28. The van der Waals surface area contributed by atoms with Gasteiger partial charge in [-0.25, -0.2) is 15.0 Å². The van der Waals surface area contributed by atoms with E-state index in [0.29, 0.717) is 36.0 Å². The van der Waals surface area contributed by atoms with Crippen molar-refractivity contribution >= 4 is 36.5 Å². The van der Waals surface area contributed by atoms with Crippen LogP contribution in [0.15, 0.2) is 24.5 Å². The number of aromatic nitrogens is 4. The number of imidazole rings is 1. The highest BCUT2D eigenvalue weighted by Crippen LogP contribution is 2.50. The molecule has 0 spiro atoms. The molecule has 0 bridgehead atoms. The summed E-state index contributed by atoms with van der Waals surface area (Å²) in [6.07, 6.45) is 7.47. The molecule has 0 radical (unpaired) electrons. The maximum Gasteiger partial charge on any atom is 0.359 e. The molecule has 1 saturated carbocycles. The maximum atomic E-state index is 13.2. The molecule has 2 aromatic rings. The van der Waals surface area contributed by atoms with Crippen molar-refractivity contribution in [3.8, 4) is 0 Å². The van der Waals surface area contributed by atoms with Gasteiger partial charge in [-0.3, -0.25) is 23.2 Å². The number of hydrogen-bond acceptors (Lipinski definition) is 11. The quantitative estimate of drug-likeness (QED) is 0.230. The Hall–Kier alpha value is -2.82. The third kappa shape index (κ3) is 8.62. The number of carbonyl (C=O) groups is 2. The van der Waals surface area contributed by atoms with Gasteiger partial charge in [0.25, 0.3) is 0 Å². The second kappa shape index (κ2) is 11.7. The Bertz CT molecular complexity index is 1140. The van der Waals surface area contributed by atoms with Gasteiger partial charge in [0, 0.05) is 18.4 Å². The second-order valence-electron chi connectivity index (χ2n) is 10.8. The lowest BCUT2D eigenvalue weighted by Gasteiger charge is -2.20. The molecule has 13 heteroatoms. The standard InChI is InChI=1S/C24H36N5O7P/c1-23(2,3)21(30)33-15-35-37(32,36-16-34-22(31)24(4,5)6)12-8-7-11-29-14-27-18-19(28-17-9-10-17)25-13-26-20(18)29/h8,12-14,17H,7,9-11,15-16H2,1-6H3,(H,25,26,28)/b12-8+. The number of esters is 2. The predicted molar refractivity (Wildman–Crippen MR) is 136 cm³/mol. The Labute approximate surface area is 216 Å². The number of ether oxygens (including phenoxy) is 2. The normalized spacial score (nSPS) is 14.8. The highest BCUT2D eigenvalue weighted by molar-refractivity contribution is 7.57. The zero-order valence-electron chi connectivity index (χ0n) is 22.2. The summed E-state index contributed by atoms with van der Waals surface area (Å²) in [4.78, 5) is 37.1. The Morgan fingerprint density at radius 3 is 2.16 bits per heavy atom. The van der Waals surface area contributed by atoms with E-state index in [4.69, 9.17) is 18.5 Å². The molecule has 12 nitrogen and oxygen atoms in total. The smallest absolute Gasteiger partial charge is 0.359 e. The van der Waals surface area contributed by atoms with Crippen molar-refractivity contribution in [3.63, 3.8) is 0 Å². The Morgan fingerprint density at radius 2 is 1.62 bits per heavy atom. The van der Waals surface area contributed by atoms with Crippen LogP contribution in [0.1, 0.15) is 60.8 Å². The summed E-state index contributed by atoms with van der Waals surface area (Å²) in [5.74, 6) is 0.929. The largest absolute Gasteiger partial charge is 0.438 e. The third-order valence-corrected chi connectivity index (χ3v) is 6.72. The van der Waals surface area contributed by atoms with E-state index in [-0.39, 0.29) is 0 Å². The average molecular weight is 538 g/mol. The second-order valence-corrected chi connectivity index (χ2v) is 12.7. The molecule has 204 valence electrons. The molecule has 2 heterocycles. The minimum atomic E-state index is -3.90. The molecule has 1 aliphatic carbocycles. The molecule has 37 heavy (non-hydrogen) atoms. The fraction of sp³-hybridized carbons (Fsp3) is 0.625. The van der Waals surface area contributed by atoms with Gasteiger partial charge in [-0.05, 0) is 60.8 Å². The summed E-state index contributed by atoms with van der Waals surface area (Å²) in [5.41, 5.74) is -0.128. The predicted octanol–water partition coefficient (Wildman–Crippen LogP) is 4.62. The number of allylic oxidation sites excluding steroid dienone is 1. The molecule has 0 atom stereocenters. The zero-order valence-corrected chi connectivity index (χ0v) is 23.1. The van der Waals surface area contributed by atoms with Crippen molar-refractivity contribution < 1.29 is 32.7 Å². The molecule has 0 unspecified atom stereocenters. The summed E-state index contributed by atoms with van der Waals surface area (Å²) >= 11 is 0. The van der Waals surface area contributed by atoms with Crippen LogP contribution in [-0.2, 0) is 39.2 Å². The van der Waals surface area contributed by atoms with Gasteiger partial charge in [-0.1, -0.05) is 6.08 Å². The van der Waals surface area contributed by atoms with Gasteiger partial charge in [0.2, 0.25) is 13.6 Å². The molecular weight excluding hydrogens is 501 g/mol. The molecule has 0 aromatic carbocycles. The lowest BCUT2D eigenvalue weighted by atomic mass is 9.98. The summed E-state index contributed by atoms with van der Waals surface area (Å²) in [6.45, 7) is 9.46. The van der Waals surface area contributed by atoms with Crippen molar-refractivity contribution in [2.45, 2.75) is 73.4 Å². The van der Waals surface area contributed by atoms with Gasteiger partial charge in [0.15, 0.2) is 11.5 Å². The van der Waals surface area contributed by atoms with Gasteiger partial charge < -0.3 is 19.4 Å². The first kappa shape index (κ1) is 28.7. The Balaban J connectivity index is 1.61. The molecule has 0 saturated heterocycles. The molecule has 1 N–H and O–H groups in total. The summed E-state index contributed by atoms with van der Waals surface area (Å²) in [7, 11) is -3.90. The molecule has 0 amide bonds. The van der Waals surface area contributed by atoms with Gasteiger partial charge in [-0.15, -0.1) is 0 Å². The van der Waals surface area contributed by atoms with Gasteiger partial charge in [0.05, 0.1) is 17.2 Å². The van der Waals surface area contributed by atoms with Crippen LogP contribution in [-0.4, -0.2) is 51.1 Å². The van der Waals surface area contributed by atoms with Crippen molar-refractivity contribution in [1.82, 2.24) is 19.5 Å². The number of nitrogens with one attached hydrogen (secondary N) is 1. The van der Waals surface area contributed by atoms with Crippen molar-refractivity contribution in [3.05, 3.63) is 24.5 Å². The van der Waals surface area contributed by atoms with E-state index < -0.39 is 44.0 Å². The number of anilines is 1. The van der Waals surface area contributed by atoms with Gasteiger partial charge in [0.1, 0.15) is 11.8 Å². The number of hydrogen-bond donors (Lipinski definition) is 1. The lowest BCUT2D eigenvalue weighted by molar-refractivity contribution is -0.161. The molecule has 3 rings (SSSR count). The van der Waals surface area contributed by atoms with E-state index in [1.54, 1.807) is 53.9 Å². The monoisotopic (exact) mass is 537 g/mol. The van der Waals surface area contributed by atoms with Crippen molar-refractivity contribution in [2.24, 2.45) is 10.8 Å². The molecule has 0 aliphatic heterocycles. The van der Waals surface area contributed by atoms with Crippen LogP contribution in [0, 0.1) is 10.8 Å². The summed E-state index contributed by atoms with van der Waals surface area (Å²) in [5, 5.41) is 3.35.